The number of carbonyl (C=O) groups excluding carboxylic acids is 1. The van der Waals surface area contributed by atoms with Gasteiger partial charge >= 0.3 is 0 Å². The molecular formula is C17H24N6O2. The molecule has 1 amide bonds. The predicted molar refractivity (Wildman–Crippen MR) is 91.4 cm³/mol. The zero-order valence-corrected chi connectivity index (χ0v) is 14.7. The van der Waals surface area contributed by atoms with E-state index in [0.717, 1.165) is 25.1 Å². The second kappa shape index (κ2) is 8.17. The summed E-state index contributed by atoms with van der Waals surface area (Å²) in [4.78, 5) is 24.8. The van der Waals surface area contributed by atoms with Gasteiger partial charge in [0.05, 0.1) is 13.1 Å². The Morgan fingerprint density at radius 1 is 1.52 bits per heavy atom. The molecule has 2 aromatic rings. The zero-order chi connectivity index (χ0) is 17.6. The van der Waals surface area contributed by atoms with Crippen LogP contribution in [0.5, 0.6) is 0 Å². The lowest BCUT2D eigenvalue weighted by molar-refractivity contribution is -0.122. The number of hydrogen-bond acceptors (Lipinski definition) is 7. The lowest BCUT2D eigenvalue weighted by Gasteiger charge is -2.23. The smallest absolute Gasteiger partial charge is 0.234 e. The van der Waals surface area contributed by atoms with Gasteiger partial charge in [0.2, 0.25) is 11.8 Å². The fraction of sp³-hybridized carbons (Fsp3) is 0.529. The van der Waals surface area contributed by atoms with Crippen molar-refractivity contribution in [1.82, 2.24) is 30.2 Å². The van der Waals surface area contributed by atoms with Gasteiger partial charge in [-0.25, -0.2) is 0 Å². The third-order valence-corrected chi connectivity index (χ3v) is 4.41. The number of nitrogens with zero attached hydrogens (tertiary/aromatic N) is 5. The topological polar surface area (TPSA) is 87.4 Å². The Kier molecular flexibility index (Phi) is 5.72. The third kappa shape index (κ3) is 5.07. The molecule has 1 atom stereocenters. The first-order valence-electron chi connectivity index (χ1n) is 8.47. The van der Waals surface area contributed by atoms with Crippen LogP contribution in [0.2, 0.25) is 0 Å². The van der Waals surface area contributed by atoms with E-state index in [9.17, 15) is 4.79 Å². The lowest BCUT2D eigenvalue weighted by Crippen LogP contribution is -2.38. The first-order valence-corrected chi connectivity index (χ1v) is 8.47. The third-order valence-electron chi connectivity index (χ3n) is 4.41. The number of amides is 1. The fourth-order valence-electron chi connectivity index (χ4n) is 3.04. The van der Waals surface area contributed by atoms with Gasteiger partial charge in [-0.15, -0.1) is 0 Å². The van der Waals surface area contributed by atoms with Crippen molar-refractivity contribution in [3.63, 3.8) is 0 Å². The highest BCUT2D eigenvalue weighted by molar-refractivity contribution is 5.78. The maximum absolute atomic E-state index is 12.1. The molecule has 1 N–H and O–H groups in total. The number of aryl methyl sites for hydroxylation is 1. The summed E-state index contributed by atoms with van der Waals surface area (Å²) in [6.07, 6.45) is 4.52. The van der Waals surface area contributed by atoms with E-state index in [1.54, 1.807) is 19.3 Å². The number of hydrogen-bond donors (Lipinski definition) is 1. The highest BCUT2D eigenvalue weighted by Crippen LogP contribution is 2.15. The van der Waals surface area contributed by atoms with Crippen LogP contribution in [0.15, 0.2) is 29.0 Å². The highest BCUT2D eigenvalue weighted by Gasteiger charge is 2.27. The molecule has 2 aromatic heterocycles. The van der Waals surface area contributed by atoms with Crippen molar-refractivity contribution < 1.29 is 9.32 Å². The van der Waals surface area contributed by atoms with E-state index in [0.29, 0.717) is 37.4 Å². The minimum atomic E-state index is 0.0425. The molecular weight excluding hydrogens is 320 g/mol. The highest BCUT2D eigenvalue weighted by atomic mass is 16.5. The Morgan fingerprint density at radius 3 is 3.12 bits per heavy atom. The first-order chi connectivity index (χ1) is 12.1. The molecule has 0 bridgehead atoms. The van der Waals surface area contributed by atoms with Crippen LogP contribution >= 0.6 is 0 Å². The van der Waals surface area contributed by atoms with Crippen LogP contribution in [0.4, 0.5) is 0 Å². The van der Waals surface area contributed by atoms with Gasteiger partial charge in [0, 0.05) is 45.0 Å². The molecule has 0 unspecified atom stereocenters. The molecule has 8 heteroatoms. The van der Waals surface area contributed by atoms with E-state index in [2.05, 4.69) is 37.3 Å². The standard InChI is InChI=1S/C17H24N6O2/c1-13-20-16(21-25-13)11-22(2)15-5-7-23(10-15)12-17(24)19-9-14-4-3-6-18-8-14/h3-4,6,8,15H,5,7,9-12H2,1-2H3,(H,19,24)/t15-/m1/s1. The summed E-state index contributed by atoms with van der Waals surface area (Å²) in [5, 5.41) is 6.88. The molecule has 3 heterocycles. The maximum Gasteiger partial charge on any atom is 0.234 e. The maximum atomic E-state index is 12.1. The summed E-state index contributed by atoms with van der Waals surface area (Å²) in [7, 11) is 2.06. The van der Waals surface area contributed by atoms with Crippen molar-refractivity contribution in [2.75, 3.05) is 26.7 Å². The SMILES string of the molecule is Cc1nc(CN(C)[C@@H]2CCN(CC(=O)NCc3cccnc3)C2)no1. The molecule has 134 valence electrons. The second-order valence-corrected chi connectivity index (χ2v) is 6.46. The Hall–Kier alpha value is -2.32. The quantitative estimate of drug-likeness (QED) is 0.787. The molecule has 0 saturated carbocycles. The summed E-state index contributed by atoms with van der Waals surface area (Å²) in [5.74, 6) is 1.33. The summed E-state index contributed by atoms with van der Waals surface area (Å²) >= 11 is 0. The predicted octanol–water partition coefficient (Wildman–Crippen LogP) is 0.596. The molecule has 0 aromatic carbocycles. The Morgan fingerprint density at radius 2 is 2.40 bits per heavy atom. The van der Waals surface area contributed by atoms with Crippen molar-refractivity contribution in [2.24, 2.45) is 0 Å². The molecule has 1 aliphatic rings. The number of nitrogens with one attached hydrogen (secondary N) is 1. The zero-order valence-electron chi connectivity index (χ0n) is 14.7. The van der Waals surface area contributed by atoms with Crippen molar-refractivity contribution in [2.45, 2.75) is 32.5 Å². The van der Waals surface area contributed by atoms with Gasteiger partial charge < -0.3 is 9.84 Å². The van der Waals surface area contributed by atoms with Crippen LogP contribution in [0.1, 0.15) is 23.7 Å². The molecule has 25 heavy (non-hydrogen) atoms. The average molecular weight is 344 g/mol. The van der Waals surface area contributed by atoms with Crippen molar-refractivity contribution in [3.05, 3.63) is 41.8 Å². The van der Waals surface area contributed by atoms with Crippen LogP contribution in [0.25, 0.3) is 0 Å². The molecule has 1 fully saturated rings. The molecule has 0 spiro atoms. The minimum absolute atomic E-state index is 0.0425. The van der Waals surface area contributed by atoms with Crippen LogP contribution in [-0.4, -0.2) is 63.6 Å². The second-order valence-electron chi connectivity index (χ2n) is 6.46. The molecule has 8 nitrogen and oxygen atoms in total. The molecule has 0 aliphatic carbocycles. The van der Waals surface area contributed by atoms with E-state index in [4.69, 9.17) is 4.52 Å². The van der Waals surface area contributed by atoms with Crippen molar-refractivity contribution in [1.29, 1.82) is 0 Å². The molecule has 0 radical (unpaired) electrons. The van der Waals surface area contributed by atoms with Crippen LogP contribution in [0, 0.1) is 6.92 Å². The van der Waals surface area contributed by atoms with E-state index in [-0.39, 0.29) is 5.91 Å². The number of rotatable bonds is 7. The molecule has 1 saturated heterocycles. The summed E-state index contributed by atoms with van der Waals surface area (Å²) in [6.45, 7) is 5.17. The van der Waals surface area contributed by atoms with Gasteiger partial charge in [-0.05, 0) is 25.1 Å². The summed E-state index contributed by atoms with van der Waals surface area (Å²) in [6, 6.07) is 4.21. The fourth-order valence-corrected chi connectivity index (χ4v) is 3.04. The normalized spacial score (nSPS) is 18.0. The lowest BCUT2D eigenvalue weighted by atomic mass is 10.2. The first kappa shape index (κ1) is 17.5. The number of pyridine rings is 1. The van der Waals surface area contributed by atoms with E-state index < -0.39 is 0 Å². The average Bonchev–Trinajstić information content (AvgIpc) is 3.23. The molecule has 3 rings (SSSR count). The van der Waals surface area contributed by atoms with Gasteiger partial charge in [-0.3, -0.25) is 19.6 Å². The van der Waals surface area contributed by atoms with E-state index in [1.807, 2.05) is 12.1 Å². The van der Waals surface area contributed by atoms with Gasteiger partial charge in [0.25, 0.3) is 0 Å². The number of carbonyl (C=O) groups is 1. The number of likely N-dealkylation sites (N-methyl/N-ethyl adjacent to an activating group) is 1. The number of aromatic nitrogens is 3. The van der Waals surface area contributed by atoms with E-state index >= 15 is 0 Å². The minimum Gasteiger partial charge on any atom is -0.351 e. The summed E-state index contributed by atoms with van der Waals surface area (Å²) < 4.78 is 5.01. The van der Waals surface area contributed by atoms with Crippen LogP contribution in [-0.2, 0) is 17.9 Å². The van der Waals surface area contributed by atoms with Gasteiger partial charge in [-0.2, -0.15) is 4.98 Å². The van der Waals surface area contributed by atoms with Gasteiger partial charge in [0.1, 0.15) is 0 Å². The monoisotopic (exact) mass is 344 g/mol. The van der Waals surface area contributed by atoms with Crippen molar-refractivity contribution >= 4 is 5.91 Å². The van der Waals surface area contributed by atoms with E-state index in [1.165, 1.54) is 0 Å². The molecule has 1 aliphatic heterocycles. The van der Waals surface area contributed by atoms with Gasteiger partial charge in [-0.1, -0.05) is 11.2 Å². The Labute approximate surface area is 147 Å². The largest absolute Gasteiger partial charge is 0.351 e. The van der Waals surface area contributed by atoms with Crippen molar-refractivity contribution in [3.8, 4) is 0 Å². The van der Waals surface area contributed by atoms with Crippen LogP contribution in [0.3, 0.4) is 0 Å². The summed E-state index contributed by atoms with van der Waals surface area (Å²) in [5.41, 5.74) is 1.00. The van der Waals surface area contributed by atoms with Crippen LogP contribution < -0.4 is 5.32 Å². The Bertz CT molecular complexity index is 689. The Balaban J connectivity index is 1.40. The van der Waals surface area contributed by atoms with Gasteiger partial charge in [0.15, 0.2) is 5.82 Å². The number of likely N-dealkylation sites (tertiary alicyclic amines) is 1.